The van der Waals surface area contributed by atoms with E-state index in [9.17, 15) is 18.0 Å². The van der Waals surface area contributed by atoms with Crippen LogP contribution in [0.2, 0.25) is 0 Å². The monoisotopic (exact) mass is 392 g/mol. The molecule has 0 aliphatic carbocycles. The van der Waals surface area contributed by atoms with Crippen molar-refractivity contribution in [3.63, 3.8) is 0 Å². The minimum absolute atomic E-state index is 0.0174. The second-order valence-electron chi connectivity index (χ2n) is 5.71. The number of thiazole rings is 1. The number of alkyl halides is 2. The number of nitrogens with one attached hydrogen (secondary N) is 1. The third-order valence-electron chi connectivity index (χ3n) is 3.65. The predicted molar refractivity (Wildman–Crippen MR) is 92.5 cm³/mol. The van der Waals surface area contributed by atoms with Crippen LogP contribution in [0.25, 0.3) is 10.6 Å². The molecule has 0 saturated carbocycles. The van der Waals surface area contributed by atoms with Crippen LogP contribution in [0.15, 0.2) is 47.8 Å². The molecular formula is C18H11F3N2O3S. The Labute approximate surface area is 155 Å². The van der Waals surface area contributed by atoms with Gasteiger partial charge in [-0.1, -0.05) is 12.1 Å². The van der Waals surface area contributed by atoms with E-state index >= 15 is 0 Å². The molecule has 9 heteroatoms. The molecule has 1 aliphatic rings. The SMILES string of the molecule is O=C(Cc1csc(-c2cccc(F)c2)n1)Nc1ccc2c(c1)OC(F)(F)O2. The van der Waals surface area contributed by atoms with Gasteiger partial charge in [-0.15, -0.1) is 20.1 Å². The second kappa shape index (κ2) is 6.58. The molecule has 4 rings (SSSR count). The first-order valence-electron chi connectivity index (χ1n) is 7.78. The molecule has 5 nitrogen and oxygen atoms in total. The van der Waals surface area contributed by atoms with Gasteiger partial charge in [0.2, 0.25) is 5.91 Å². The molecule has 0 saturated heterocycles. The van der Waals surface area contributed by atoms with Crippen molar-refractivity contribution >= 4 is 22.9 Å². The average molecular weight is 392 g/mol. The molecule has 2 aromatic carbocycles. The van der Waals surface area contributed by atoms with Crippen LogP contribution in [0.4, 0.5) is 18.9 Å². The van der Waals surface area contributed by atoms with Crippen LogP contribution in [0.5, 0.6) is 11.5 Å². The van der Waals surface area contributed by atoms with Crippen LogP contribution in [0, 0.1) is 5.82 Å². The van der Waals surface area contributed by atoms with Crippen molar-refractivity contribution in [3.05, 3.63) is 59.4 Å². The third-order valence-corrected chi connectivity index (χ3v) is 4.59. The van der Waals surface area contributed by atoms with E-state index in [0.29, 0.717) is 22.0 Å². The number of ether oxygens (including phenoxy) is 2. The Morgan fingerprint density at radius 1 is 1.15 bits per heavy atom. The van der Waals surface area contributed by atoms with Crippen LogP contribution >= 0.6 is 11.3 Å². The van der Waals surface area contributed by atoms with Crippen LogP contribution in [-0.2, 0) is 11.2 Å². The maximum atomic E-state index is 13.3. The Balaban J connectivity index is 1.42. The normalized spacial score (nSPS) is 14.2. The van der Waals surface area contributed by atoms with E-state index in [1.807, 2.05) is 0 Å². The van der Waals surface area contributed by atoms with E-state index in [4.69, 9.17) is 0 Å². The number of nitrogens with zero attached hydrogens (tertiary/aromatic N) is 1. The molecule has 0 radical (unpaired) electrons. The van der Waals surface area contributed by atoms with Gasteiger partial charge in [-0.2, -0.15) is 0 Å². The highest BCUT2D eigenvalue weighted by Gasteiger charge is 2.43. The van der Waals surface area contributed by atoms with Crippen molar-refractivity contribution in [1.82, 2.24) is 4.98 Å². The summed E-state index contributed by atoms with van der Waals surface area (Å²) < 4.78 is 48.0. The zero-order chi connectivity index (χ0) is 19.0. The van der Waals surface area contributed by atoms with E-state index < -0.39 is 6.29 Å². The van der Waals surface area contributed by atoms with Crippen molar-refractivity contribution in [2.75, 3.05) is 5.32 Å². The van der Waals surface area contributed by atoms with Crippen molar-refractivity contribution in [2.24, 2.45) is 0 Å². The van der Waals surface area contributed by atoms with Gasteiger partial charge >= 0.3 is 6.29 Å². The number of amides is 1. The van der Waals surface area contributed by atoms with E-state index in [2.05, 4.69) is 19.8 Å². The number of fused-ring (bicyclic) bond motifs is 1. The molecule has 27 heavy (non-hydrogen) atoms. The molecule has 0 spiro atoms. The fourth-order valence-corrected chi connectivity index (χ4v) is 3.36. The molecule has 1 aromatic heterocycles. The number of carbonyl (C=O) groups excluding carboxylic acids is 1. The number of halogens is 3. The van der Waals surface area contributed by atoms with Crippen molar-refractivity contribution in [2.45, 2.75) is 12.7 Å². The van der Waals surface area contributed by atoms with Gasteiger partial charge in [0.25, 0.3) is 0 Å². The van der Waals surface area contributed by atoms with Gasteiger partial charge in [0.15, 0.2) is 11.5 Å². The van der Waals surface area contributed by atoms with Gasteiger partial charge in [-0.3, -0.25) is 4.79 Å². The van der Waals surface area contributed by atoms with Crippen LogP contribution in [0.1, 0.15) is 5.69 Å². The van der Waals surface area contributed by atoms with Gasteiger partial charge < -0.3 is 14.8 Å². The van der Waals surface area contributed by atoms with E-state index in [1.54, 1.807) is 17.5 Å². The van der Waals surface area contributed by atoms with Crippen LogP contribution < -0.4 is 14.8 Å². The highest BCUT2D eigenvalue weighted by atomic mass is 32.1. The number of hydrogen-bond acceptors (Lipinski definition) is 5. The molecule has 0 fully saturated rings. The van der Waals surface area contributed by atoms with E-state index in [-0.39, 0.29) is 29.6 Å². The fraction of sp³-hybridized carbons (Fsp3) is 0.111. The topological polar surface area (TPSA) is 60.5 Å². The molecule has 0 unspecified atom stereocenters. The largest absolute Gasteiger partial charge is 0.586 e. The molecule has 2 heterocycles. The van der Waals surface area contributed by atoms with Crippen molar-refractivity contribution in [3.8, 4) is 22.1 Å². The van der Waals surface area contributed by atoms with Crippen LogP contribution in [-0.4, -0.2) is 17.2 Å². The summed E-state index contributed by atoms with van der Waals surface area (Å²) >= 11 is 1.30. The lowest BCUT2D eigenvalue weighted by Gasteiger charge is -2.05. The van der Waals surface area contributed by atoms with E-state index in [0.717, 1.165) is 0 Å². The summed E-state index contributed by atoms with van der Waals surface area (Å²) in [7, 11) is 0. The molecule has 0 bridgehead atoms. The molecule has 3 aromatic rings. The van der Waals surface area contributed by atoms with Gasteiger partial charge in [0.05, 0.1) is 12.1 Å². The number of anilines is 1. The Kier molecular flexibility index (Phi) is 4.23. The van der Waals surface area contributed by atoms with Crippen molar-refractivity contribution < 1.29 is 27.4 Å². The highest BCUT2D eigenvalue weighted by molar-refractivity contribution is 7.13. The van der Waals surface area contributed by atoms with Gasteiger partial charge in [-0.25, -0.2) is 9.37 Å². The first-order chi connectivity index (χ1) is 12.9. The van der Waals surface area contributed by atoms with Gasteiger partial charge in [0, 0.05) is 22.7 Å². The number of hydrogen-bond donors (Lipinski definition) is 1. The summed E-state index contributed by atoms with van der Waals surface area (Å²) in [4.78, 5) is 16.5. The summed E-state index contributed by atoms with van der Waals surface area (Å²) in [6, 6.07) is 10.00. The molecule has 1 amide bonds. The Bertz CT molecular complexity index is 1020. The minimum atomic E-state index is -3.71. The Morgan fingerprint density at radius 3 is 2.78 bits per heavy atom. The lowest BCUT2D eigenvalue weighted by Crippen LogP contribution is -2.25. The molecule has 138 valence electrons. The van der Waals surface area contributed by atoms with Gasteiger partial charge in [-0.05, 0) is 24.3 Å². The lowest BCUT2D eigenvalue weighted by atomic mass is 10.2. The highest BCUT2D eigenvalue weighted by Crippen LogP contribution is 2.42. The Morgan fingerprint density at radius 2 is 1.96 bits per heavy atom. The zero-order valence-electron chi connectivity index (χ0n) is 13.5. The summed E-state index contributed by atoms with van der Waals surface area (Å²) in [6.45, 7) is 0. The quantitative estimate of drug-likeness (QED) is 0.713. The summed E-state index contributed by atoms with van der Waals surface area (Å²) in [6.07, 6.45) is -3.73. The number of benzene rings is 2. The van der Waals surface area contributed by atoms with E-state index in [1.165, 1.54) is 41.7 Å². The standard InChI is InChI=1S/C18H11F3N2O3S/c19-11-3-1-2-10(6-11)17-23-13(9-27-17)8-16(24)22-12-4-5-14-15(7-12)26-18(20,21)25-14/h1-7,9H,8H2,(H,22,24). The minimum Gasteiger partial charge on any atom is -0.395 e. The number of rotatable bonds is 4. The maximum Gasteiger partial charge on any atom is 0.586 e. The maximum absolute atomic E-state index is 13.3. The molecule has 0 atom stereocenters. The van der Waals surface area contributed by atoms with Crippen molar-refractivity contribution in [1.29, 1.82) is 0 Å². The lowest BCUT2D eigenvalue weighted by molar-refractivity contribution is -0.286. The third kappa shape index (κ3) is 3.87. The molecule has 1 aliphatic heterocycles. The summed E-state index contributed by atoms with van der Waals surface area (Å²) in [5.74, 6) is -0.996. The number of aromatic nitrogens is 1. The van der Waals surface area contributed by atoms with Gasteiger partial charge in [0.1, 0.15) is 10.8 Å². The Hall–Kier alpha value is -3.07. The summed E-state index contributed by atoms with van der Waals surface area (Å²) in [5.41, 5.74) is 1.44. The first-order valence-corrected chi connectivity index (χ1v) is 8.66. The van der Waals surface area contributed by atoms with Crippen LogP contribution in [0.3, 0.4) is 0 Å². The average Bonchev–Trinajstić information content (AvgIpc) is 3.17. The summed E-state index contributed by atoms with van der Waals surface area (Å²) in [5, 5.41) is 4.90. The smallest absolute Gasteiger partial charge is 0.395 e. The predicted octanol–water partition coefficient (Wildman–Crippen LogP) is 4.45. The fourth-order valence-electron chi connectivity index (χ4n) is 2.54. The molecule has 1 N–H and O–H groups in total. The molecular weight excluding hydrogens is 381 g/mol. The second-order valence-corrected chi connectivity index (χ2v) is 6.57. The zero-order valence-corrected chi connectivity index (χ0v) is 14.4. The first kappa shape index (κ1) is 17.3. The number of carbonyl (C=O) groups is 1.